The predicted octanol–water partition coefficient (Wildman–Crippen LogP) is 4.44. The summed E-state index contributed by atoms with van der Waals surface area (Å²) in [6.45, 7) is 0.518. The topological polar surface area (TPSA) is 77.1 Å². The Labute approximate surface area is 192 Å². The lowest BCUT2D eigenvalue weighted by Gasteiger charge is -2.30. The Morgan fingerprint density at radius 1 is 0.909 bits per heavy atom. The fourth-order valence-electron chi connectivity index (χ4n) is 3.99. The van der Waals surface area contributed by atoms with Gasteiger partial charge in [0.2, 0.25) is 11.7 Å². The quantitative estimate of drug-likeness (QED) is 0.581. The van der Waals surface area contributed by atoms with Crippen LogP contribution in [0.2, 0.25) is 0 Å². The molecule has 1 aliphatic heterocycles. The summed E-state index contributed by atoms with van der Waals surface area (Å²) in [5.74, 6) is 1.03. The van der Waals surface area contributed by atoms with E-state index in [9.17, 15) is 9.59 Å². The Kier molecular flexibility index (Phi) is 6.49. The van der Waals surface area contributed by atoms with Gasteiger partial charge in [-0.05, 0) is 47.9 Å². The molecule has 2 amide bonds. The van der Waals surface area contributed by atoms with E-state index in [1.54, 1.807) is 17.0 Å². The van der Waals surface area contributed by atoms with Gasteiger partial charge in [0.05, 0.1) is 27.9 Å². The molecule has 0 spiro atoms. The lowest BCUT2D eigenvalue weighted by atomic mass is 9.99. The van der Waals surface area contributed by atoms with Crippen LogP contribution >= 0.6 is 0 Å². The Morgan fingerprint density at radius 2 is 1.61 bits per heavy atom. The van der Waals surface area contributed by atoms with Crippen molar-refractivity contribution in [2.45, 2.75) is 19.4 Å². The number of methoxy groups -OCH3 is 3. The van der Waals surface area contributed by atoms with Crippen LogP contribution in [0.3, 0.4) is 0 Å². The summed E-state index contributed by atoms with van der Waals surface area (Å²) in [6, 6.07) is 18.7. The van der Waals surface area contributed by atoms with Crippen molar-refractivity contribution in [1.29, 1.82) is 0 Å². The molecule has 33 heavy (non-hydrogen) atoms. The molecule has 170 valence electrons. The van der Waals surface area contributed by atoms with Crippen molar-refractivity contribution >= 4 is 23.2 Å². The standard InChI is InChI=1S/C26H26N2O5/c1-31-22-14-19(15-23(32-2)25(22)33-3)26(30)27-20-10-11-21-18(13-20)9-12-24(29)28(21)16-17-7-5-4-6-8-17/h4-8,10-11,13-15H,9,12,16H2,1-3H3,(H,27,30). The van der Waals surface area contributed by atoms with Crippen LogP contribution in [0.5, 0.6) is 17.2 Å². The zero-order valence-electron chi connectivity index (χ0n) is 18.9. The number of ether oxygens (including phenoxy) is 3. The van der Waals surface area contributed by atoms with Gasteiger partial charge in [-0.25, -0.2) is 0 Å². The molecule has 1 N–H and O–H groups in total. The molecule has 3 aromatic carbocycles. The first-order chi connectivity index (χ1) is 16.0. The van der Waals surface area contributed by atoms with E-state index in [-0.39, 0.29) is 11.8 Å². The summed E-state index contributed by atoms with van der Waals surface area (Å²) in [7, 11) is 4.52. The van der Waals surface area contributed by atoms with Crippen LogP contribution in [-0.4, -0.2) is 33.1 Å². The van der Waals surface area contributed by atoms with Gasteiger partial charge in [-0.2, -0.15) is 0 Å². The molecule has 4 rings (SSSR count). The van der Waals surface area contributed by atoms with E-state index in [4.69, 9.17) is 14.2 Å². The molecule has 3 aromatic rings. The van der Waals surface area contributed by atoms with Gasteiger partial charge in [0.15, 0.2) is 11.5 Å². The van der Waals surface area contributed by atoms with Crippen LogP contribution in [0.4, 0.5) is 11.4 Å². The Hall–Kier alpha value is -4.00. The molecule has 0 aliphatic carbocycles. The highest BCUT2D eigenvalue weighted by molar-refractivity contribution is 6.05. The summed E-state index contributed by atoms with van der Waals surface area (Å²) in [5.41, 5.74) is 4.00. The molecule has 0 radical (unpaired) electrons. The lowest BCUT2D eigenvalue weighted by Crippen LogP contribution is -2.34. The number of anilines is 2. The third kappa shape index (κ3) is 4.62. The second-order valence-electron chi connectivity index (χ2n) is 7.68. The number of aryl methyl sites for hydroxylation is 1. The van der Waals surface area contributed by atoms with Crippen molar-refractivity contribution < 1.29 is 23.8 Å². The first kappa shape index (κ1) is 22.2. The molecule has 7 nitrogen and oxygen atoms in total. The maximum atomic E-state index is 12.9. The van der Waals surface area contributed by atoms with Gasteiger partial charge in [0, 0.05) is 23.4 Å². The van der Waals surface area contributed by atoms with Crippen LogP contribution in [0.25, 0.3) is 0 Å². The molecule has 1 heterocycles. The maximum absolute atomic E-state index is 12.9. The first-order valence-corrected chi connectivity index (χ1v) is 10.6. The second-order valence-corrected chi connectivity index (χ2v) is 7.68. The molecule has 0 atom stereocenters. The zero-order valence-corrected chi connectivity index (χ0v) is 18.9. The number of hydrogen-bond donors (Lipinski definition) is 1. The first-order valence-electron chi connectivity index (χ1n) is 10.6. The highest BCUT2D eigenvalue weighted by Gasteiger charge is 2.25. The minimum Gasteiger partial charge on any atom is -0.493 e. The zero-order chi connectivity index (χ0) is 23.4. The van der Waals surface area contributed by atoms with E-state index in [1.165, 1.54) is 21.3 Å². The molecule has 0 fully saturated rings. The summed E-state index contributed by atoms with van der Waals surface area (Å²) in [4.78, 5) is 27.4. The van der Waals surface area contributed by atoms with Crippen molar-refractivity contribution in [3.8, 4) is 17.2 Å². The maximum Gasteiger partial charge on any atom is 0.255 e. The largest absolute Gasteiger partial charge is 0.493 e. The van der Waals surface area contributed by atoms with Crippen molar-refractivity contribution in [3.63, 3.8) is 0 Å². The van der Waals surface area contributed by atoms with E-state index in [0.29, 0.717) is 47.9 Å². The number of nitrogens with zero attached hydrogens (tertiary/aromatic N) is 1. The molecule has 0 bridgehead atoms. The number of rotatable bonds is 7. The number of amides is 2. The molecule has 0 saturated heterocycles. The van der Waals surface area contributed by atoms with Crippen molar-refractivity contribution in [3.05, 3.63) is 77.4 Å². The molecule has 7 heteroatoms. The van der Waals surface area contributed by atoms with Crippen molar-refractivity contribution in [1.82, 2.24) is 0 Å². The third-order valence-electron chi connectivity index (χ3n) is 5.65. The number of benzene rings is 3. The third-order valence-corrected chi connectivity index (χ3v) is 5.65. The Morgan fingerprint density at radius 3 is 2.24 bits per heavy atom. The van der Waals surface area contributed by atoms with Crippen LogP contribution in [0.1, 0.15) is 27.9 Å². The van der Waals surface area contributed by atoms with Crippen molar-refractivity contribution in [2.24, 2.45) is 0 Å². The Balaban J connectivity index is 1.57. The van der Waals surface area contributed by atoms with E-state index in [1.807, 2.05) is 48.5 Å². The van der Waals surface area contributed by atoms with Gasteiger partial charge in [-0.15, -0.1) is 0 Å². The van der Waals surface area contributed by atoms with Crippen LogP contribution in [0, 0.1) is 0 Å². The molecular formula is C26H26N2O5. The van der Waals surface area contributed by atoms with Gasteiger partial charge in [-0.1, -0.05) is 30.3 Å². The highest BCUT2D eigenvalue weighted by atomic mass is 16.5. The molecule has 0 saturated carbocycles. The molecule has 0 unspecified atom stereocenters. The summed E-state index contributed by atoms with van der Waals surface area (Å²) in [6.07, 6.45) is 1.07. The number of hydrogen-bond acceptors (Lipinski definition) is 5. The average molecular weight is 447 g/mol. The predicted molar refractivity (Wildman–Crippen MR) is 126 cm³/mol. The SMILES string of the molecule is COc1cc(C(=O)Nc2ccc3c(c2)CCC(=O)N3Cc2ccccc2)cc(OC)c1OC. The second kappa shape index (κ2) is 9.65. The van der Waals surface area contributed by atoms with Crippen LogP contribution in [-0.2, 0) is 17.8 Å². The van der Waals surface area contributed by atoms with E-state index in [0.717, 1.165) is 16.8 Å². The van der Waals surface area contributed by atoms with E-state index >= 15 is 0 Å². The number of nitrogens with one attached hydrogen (secondary N) is 1. The normalized spacial score (nSPS) is 12.7. The number of carbonyl (C=O) groups is 2. The summed E-state index contributed by atoms with van der Waals surface area (Å²) >= 11 is 0. The number of fused-ring (bicyclic) bond motifs is 1. The molecular weight excluding hydrogens is 420 g/mol. The molecule has 0 aromatic heterocycles. The van der Waals surface area contributed by atoms with E-state index in [2.05, 4.69) is 5.32 Å². The van der Waals surface area contributed by atoms with Gasteiger partial charge in [0.1, 0.15) is 0 Å². The van der Waals surface area contributed by atoms with Gasteiger partial charge < -0.3 is 24.4 Å². The minimum atomic E-state index is -0.303. The van der Waals surface area contributed by atoms with Gasteiger partial charge in [0.25, 0.3) is 5.91 Å². The summed E-state index contributed by atoms with van der Waals surface area (Å²) in [5, 5.41) is 2.93. The molecule has 1 aliphatic rings. The smallest absolute Gasteiger partial charge is 0.255 e. The fraction of sp³-hybridized carbons (Fsp3) is 0.231. The highest BCUT2D eigenvalue weighted by Crippen LogP contribution is 2.38. The fourth-order valence-corrected chi connectivity index (χ4v) is 3.99. The van der Waals surface area contributed by atoms with Gasteiger partial charge >= 0.3 is 0 Å². The minimum absolute atomic E-state index is 0.0977. The van der Waals surface area contributed by atoms with Crippen LogP contribution < -0.4 is 24.4 Å². The van der Waals surface area contributed by atoms with Gasteiger partial charge in [-0.3, -0.25) is 9.59 Å². The van der Waals surface area contributed by atoms with E-state index < -0.39 is 0 Å². The van der Waals surface area contributed by atoms with Crippen LogP contribution in [0.15, 0.2) is 60.7 Å². The Bertz CT molecular complexity index is 1150. The average Bonchev–Trinajstić information content (AvgIpc) is 2.85. The van der Waals surface area contributed by atoms with Crippen molar-refractivity contribution in [2.75, 3.05) is 31.5 Å². The number of carbonyl (C=O) groups excluding carboxylic acids is 2. The monoisotopic (exact) mass is 446 g/mol. The summed E-state index contributed by atoms with van der Waals surface area (Å²) < 4.78 is 16.0. The lowest BCUT2D eigenvalue weighted by molar-refractivity contribution is -0.119.